The van der Waals surface area contributed by atoms with E-state index in [1.54, 1.807) is 24.3 Å². The molecule has 1 aliphatic heterocycles. The third-order valence-electron chi connectivity index (χ3n) is 4.25. The molecule has 2 atom stereocenters. The highest BCUT2D eigenvalue weighted by Gasteiger charge is 2.52. The van der Waals surface area contributed by atoms with E-state index in [0.29, 0.717) is 5.56 Å². The molecular formula is C19H19NO4. The number of carbonyl (C=O) groups excluding carboxylic acids is 1. The van der Waals surface area contributed by atoms with Crippen LogP contribution in [0.25, 0.3) is 0 Å². The van der Waals surface area contributed by atoms with Crippen molar-refractivity contribution in [2.75, 3.05) is 13.7 Å². The summed E-state index contributed by atoms with van der Waals surface area (Å²) in [5, 5.41) is 21.3. The smallest absolute Gasteiger partial charge is 0.253 e. The molecule has 2 aromatic rings. The van der Waals surface area contributed by atoms with Crippen molar-refractivity contribution in [1.29, 1.82) is 0 Å². The number of aliphatic hydroxyl groups is 2. The van der Waals surface area contributed by atoms with Gasteiger partial charge in [-0.15, -0.1) is 0 Å². The number of methoxy groups -OCH3 is 1. The van der Waals surface area contributed by atoms with Crippen LogP contribution in [0.15, 0.2) is 72.5 Å². The maximum absolute atomic E-state index is 12.6. The molecule has 0 aromatic heterocycles. The summed E-state index contributed by atoms with van der Waals surface area (Å²) in [5.41, 5.74) is -0.539. The monoisotopic (exact) mass is 325 g/mol. The lowest BCUT2D eigenvalue weighted by molar-refractivity contribution is -0.160. The van der Waals surface area contributed by atoms with E-state index in [2.05, 4.69) is 0 Å². The first kappa shape index (κ1) is 16.2. The van der Waals surface area contributed by atoms with Gasteiger partial charge < -0.3 is 14.9 Å². The molecule has 24 heavy (non-hydrogen) atoms. The molecule has 0 saturated heterocycles. The Labute approximate surface area is 140 Å². The van der Waals surface area contributed by atoms with Gasteiger partial charge in [-0.05, 0) is 5.56 Å². The van der Waals surface area contributed by atoms with E-state index in [1.807, 2.05) is 36.4 Å². The highest BCUT2D eigenvalue weighted by Crippen LogP contribution is 2.43. The SMILES string of the molecule is COC1=CC(=O)N([C@H](CO)c2ccccc2)C1(O)c1ccccc1. The molecule has 1 aliphatic rings. The van der Waals surface area contributed by atoms with Crippen molar-refractivity contribution in [1.82, 2.24) is 4.90 Å². The van der Waals surface area contributed by atoms with Crippen LogP contribution in [0.3, 0.4) is 0 Å². The third-order valence-corrected chi connectivity index (χ3v) is 4.25. The van der Waals surface area contributed by atoms with E-state index < -0.39 is 17.7 Å². The lowest BCUT2D eigenvalue weighted by Gasteiger charge is -2.40. The minimum Gasteiger partial charge on any atom is -0.495 e. The Kier molecular flexibility index (Phi) is 4.38. The average Bonchev–Trinajstić information content (AvgIpc) is 2.90. The fourth-order valence-corrected chi connectivity index (χ4v) is 3.10. The number of amides is 1. The number of benzene rings is 2. The van der Waals surface area contributed by atoms with Crippen molar-refractivity contribution in [3.05, 3.63) is 83.6 Å². The van der Waals surface area contributed by atoms with Gasteiger partial charge in [0.25, 0.3) is 5.91 Å². The molecule has 5 heteroatoms. The fourth-order valence-electron chi connectivity index (χ4n) is 3.10. The van der Waals surface area contributed by atoms with E-state index in [9.17, 15) is 15.0 Å². The molecule has 0 bridgehead atoms. The van der Waals surface area contributed by atoms with Crippen LogP contribution < -0.4 is 0 Å². The van der Waals surface area contributed by atoms with Crippen LogP contribution in [0, 0.1) is 0 Å². The predicted octanol–water partition coefficient (Wildman–Crippen LogP) is 1.94. The lowest BCUT2D eigenvalue weighted by Crippen LogP contribution is -2.49. The maximum atomic E-state index is 12.6. The van der Waals surface area contributed by atoms with Gasteiger partial charge in [0.05, 0.1) is 19.8 Å². The first-order valence-electron chi connectivity index (χ1n) is 7.66. The third kappa shape index (κ3) is 2.48. The van der Waals surface area contributed by atoms with Gasteiger partial charge in [-0.1, -0.05) is 60.7 Å². The van der Waals surface area contributed by atoms with Crippen LogP contribution >= 0.6 is 0 Å². The maximum Gasteiger partial charge on any atom is 0.253 e. The Bertz CT molecular complexity index is 744. The average molecular weight is 325 g/mol. The topological polar surface area (TPSA) is 70.0 Å². The standard InChI is InChI=1S/C19H19NO4/c1-24-17-12-18(22)20(16(13-21)14-8-4-2-5-9-14)19(17,23)15-10-6-3-7-11-15/h2-12,16,21,23H,13H2,1H3/t16-,19?/m1/s1. The number of hydrogen-bond acceptors (Lipinski definition) is 4. The van der Waals surface area contributed by atoms with Gasteiger partial charge >= 0.3 is 0 Å². The van der Waals surface area contributed by atoms with Crippen molar-refractivity contribution < 1.29 is 19.7 Å². The number of rotatable bonds is 5. The van der Waals surface area contributed by atoms with Gasteiger partial charge in [0, 0.05) is 11.6 Å². The molecular weight excluding hydrogens is 306 g/mol. The fraction of sp³-hybridized carbons (Fsp3) is 0.211. The highest BCUT2D eigenvalue weighted by atomic mass is 16.5. The Morgan fingerprint density at radius 3 is 2.21 bits per heavy atom. The van der Waals surface area contributed by atoms with Crippen LogP contribution in [0.4, 0.5) is 0 Å². The molecule has 1 unspecified atom stereocenters. The normalized spacial score (nSPS) is 21.5. The molecule has 0 radical (unpaired) electrons. The quantitative estimate of drug-likeness (QED) is 0.881. The molecule has 1 heterocycles. The summed E-state index contributed by atoms with van der Waals surface area (Å²) in [4.78, 5) is 13.9. The highest BCUT2D eigenvalue weighted by molar-refractivity contribution is 5.92. The first-order valence-corrected chi connectivity index (χ1v) is 7.66. The zero-order valence-corrected chi connectivity index (χ0v) is 13.3. The van der Waals surface area contributed by atoms with E-state index in [1.165, 1.54) is 18.1 Å². The van der Waals surface area contributed by atoms with Crippen molar-refractivity contribution >= 4 is 5.91 Å². The number of hydrogen-bond donors (Lipinski definition) is 2. The molecule has 0 saturated carbocycles. The van der Waals surface area contributed by atoms with Gasteiger partial charge in [-0.3, -0.25) is 9.69 Å². The van der Waals surface area contributed by atoms with Crippen molar-refractivity contribution in [2.24, 2.45) is 0 Å². The zero-order chi connectivity index (χ0) is 17.2. The Hall–Kier alpha value is -2.63. The predicted molar refractivity (Wildman–Crippen MR) is 88.5 cm³/mol. The van der Waals surface area contributed by atoms with E-state index in [4.69, 9.17) is 4.74 Å². The van der Waals surface area contributed by atoms with E-state index in [-0.39, 0.29) is 12.4 Å². The van der Waals surface area contributed by atoms with Crippen LogP contribution in [-0.2, 0) is 15.3 Å². The number of carbonyl (C=O) groups is 1. The van der Waals surface area contributed by atoms with Gasteiger partial charge in [0.1, 0.15) is 0 Å². The Balaban J connectivity index is 2.13. The zero-order valence-electron chi connectivity index (χ0n) is 13.3. The summed E-state index contributed by atoms with van der Waals surface area (Å²) in [6.45, 7) is -0.324. The second-order valence-electron chi connectivity index (χ2n) is 5.57. The molecule has 124 valence electrons. The molecule has 5 nitrogen and oxygen atoms in total. The summed E-state index contributed by atoms with van der Waals surface area (Å²) < 4.78 is 5.28. The van der Waals surface area contributed by atoms with Gasteiger partial charge in [-0.2, -0.15) is 0 Å². The van der Waals surface area contributed by atoms with Gasteiger partial charge in [0.15, 0.2) is 5.76 Å². The van der Waals surface area contributed by atoms with Crippen LogP contribution in [0.1, 0.15) is 17.2 Å². The molecule has 0 aliphatic carbocycles. The largest absolute Gasteiger partial charge is 0.495 e. The second kappa shape index (κ2) is 6.47. The van der Waals surface area contributed by atoms with Gasteiger partial charge in [-0.25, -0.2) is 0 Å². The number of aliphatic hydroxyl groups excluding tert-OH is 1. The number of nitrogens with zero attached hydrogens (tertiary/aromatic N) is 1. The van der Waals surface area contributed by atoms with Gasteiger partial charge in [0.2, 0.25) is 5.72 Å². The molecule has 2 aromatic carbocycles. The van der Waals surface area contributed by atoms with Crippen molar-refractivity contribution in [2.45, 2.75) is 11.8 Å². The summed E-state index contributed by atoms with van der Waals surface area (Å²) in [5.74, 6) is -0.283. The molecule has 2 N–H and O–H groups in total. The molecule has 1 amide bonds. The van der Waals surface area contributed by atoms with Crippen molar-refractivity contribution in [3.63, 3.8) is 0 Å². The van der Waals surface area contributed by atoms with Crippen LogP contribution in [0.2, 0.25) is 0 Å². The van der Waals surface area contributed by atoms with Crippen LogP contribution in [-0.4, -0.2) is 34.7 Å². The summed E-state index contributed by atoms with van der Waals surface area (Å²) in [6, 6.07) is 17.2. The molecule has 3 rings (SSSR count). The summed E-state index contributed by atoms with van der Waals surface area (Å²) >= 11 is 0. The summed E-state index contributed by atoms with van der Waals surface area (Å²) in [7, 11) is 1.41. The lowest BCUT2D eigenvalue weighted by atomic mass is 9.97. The van der Waals surface area contributed by atoms with Crippen molar-refractivity contribution in [3.8, 4) is 0 Å². The number of ether oxygens (including phenoxy) is 1. The Morgan fingerprint density at radius 2 is 1.67 bits per heavy atom. The second-order valence-corrected chi connectivity index (χ2v) is 5.57. The minimum atomic E-state index is -1.77. The summed E-state index contributed by atoms with van der Waals surface area (Å²) in [6.07, 6.45) is 1.26. The van der Waals surface area contributed by atoms with E-state index in [0.717, 1.165) is 5.56 Å². The first-order chi connectivity index (χ1) is 11.6. The molecule has 0 fully saturated rings. The molecule has 0 spiro atoms. The Morgan fingerprint density at radius 1 is 1.08 bits per heavy atom. The van der Waals surface area contributed by atoms with Crippen LogP contribution in [0.5, 0.6) is 0 Å². The van der Waals surface area contributed by atoms with E-state index >= 15 is 0 Å². The minimum absolute atomic E-state index is 0.132.